The van der Waals surface area contributed by atoms with E-state index in [2.05, 4.69) is 15.4 Å². The first-order valence-corrected chi connectivity index (χ1v) is 7.30. The lowest BCUT2D eigenvalue weighted by Crippen LogP contribution is -2.10. The summed E-state index contributed by atoms with van der Waals surface area (Å²) >= 11 is 1.47. The highest BCUT2D eigenvalue weighted by atomic mass is 32.1. The number of anilines is 1. The summed E-state index contributed by atoms with van der Waals surface area (Å²) in [6, 6.07) is 9.66. The van der Waals surface area contributed by atoms with E-state index in [0.29, 0.717) is 10.7 Å². The molecular weight excluding hydrogens is 284 g/mol. The summed E-state index contributed by atoms with van der Waals surface area (Å²) in [7, 11) is 0. The molecule has 0 saturated carbocycles. The Kier molecular flexibility index (Phi) is 3.53. The number of thiazole rings is 1. The molecule has 6 heteroatoms. The first-order chi connectivity index (χ1) is 10.1. The van der Waals surface area contributed by atoms with Crippen LogP contribution < -0.4 is 5.32 Å². The van der Waals surface area contributed by atoms with Gasteiger partial charge in [0, 0.05) is 11.1 Å². The van der Waals surface area contributed by atoms with Crippen molar-refractivity contribution >= 4 is 22.4 Å². The van der Waals surface area contributed by atoms with E-state index in [0.717, 1.165) is 16.3 Å². The van der Waals surface area contributed by atoms with Crippen LogP contribution in [-0.2, 0) is 0 Å². The zero-order valence-corrected chi connectivity index (χ0v) is 12.5. The van der Waals surface area contributed by atoms with Crippen molar-refractivity contribution in [1.82, 2.24) is 14.8 Å². The van der Waals surface area contributed by atoms with E-state index in [1.54, 1.807) is 17.1 Å². The largest absolute Gasteiger partial charge is 0.298 e. The smallest absolute Gasteiger partial charge is 0.260 e. The number of hydrogen-bond acceptors (Lipinski definition) is 4. The zero-order valence-electron chi connectivity index (χ0n) is 11.7. The third-order valence-electron chi connectivity index (χ3n) is 3.11. The van der Waals surface area contributed by atoms with Gasteiger partial charge in [0.2, 0.25) is 0 Å². The lowest BCUT2D eigenvalue weighted by molar-refractivity contribution is 0.102. The third kappa shape index (κ3) is 2.85. The molecule has 0 unspecified atom stereocenters. The number of benzene rings is 1. The lowest BCUT2D eigenvalue weighted by atomic mass is 10.3. The number of rotatable bonds is 3. The Balaban J connectivity index is 1.78. The summed E-state index contributed by atoms with van der Waals surface area (Å²) in [6.07, 6.45) is 3.26. The van der Waals surface area contributed by atoms with Gasteiger partial charge in [0.15, 0.2) is 5.13 Å². The van der Waals surface area contributed by atoms with Crippen LogP contribution in [0.3, 0.4) is 0 Å². The number of nitrogens with zero attached hydrogens (tertiary/aromatic N) is 3. The van der Waals surface area contributed by atoms with Crippen molar-refractivity contribution in [1.29, 1.82) is 0 Å². The molecule has 3 aromatic rings. The summed E-state index contributed by atoms with van der Waals surface area (Å²) in [4.78, 5) is 17.6. The molecule has 1 aromatic carbocycles. The average Bonchev–Trinajstić information content (AvgIpc) is 3.08. The van der Waals surface area contributed by atoms with Crippen molar-refractivity contribution in [2.45, 2.75) is 13.8 Å². The third-order valence-corrected chi connectivity index (χ3v) is 4.10. The molecule has 0 bridgehead atoms. The van der Waals surface area contributed by atoms with Gasteiger partial charge in [-0.25, -0.2) is 9.67 Å². The Morgan fingerprint density at radius 1 is 1.24 bits per heavy atom. The van der Waals surface area contributed by atoms with E-state index in [1.807, 2.05) is 44.2 Å². The van der Waals surface area contributed by atoms with Gasteiger partial charge in [-0.3, -0.25) is 10.1 Å². The Labute approximate surface area is 126 Å². The summed E-state index contributed by atoms with van der Waals surface area (Å²) < 4.78 is 1.67. The summed E-state index contributed by atoms with van der Waals surface area (Å²) in [5, 5.41) is 7.62. The van der Waals surface area contributed by atoms with Crippen molar-refractivity contribution in [3.8, 4) is 5.69 Å². The fourth-order valence-corrected chi connectivity index (χ4v) is 2.67. The topological polar surface area (TPSA) is 59.8 Å². The maximum Gasteiger partial charge on any atom is 0.260 e. The van der Waals surface area contributed by atoms with Crippen molar-refractivity contribution in [2.75, 3.05) is 5.32 Å². The molecule has 2 heterocycles. The van der Waals surface area contributed by atoms with E-state index in [9.17, 15) is 4.79 Å². The molecule has 0 aliphatic heterocycles. The summed E-state index contributed by atoms with van der Waals surface area (Å²) in [5.41, 5.74) is 2.36. The summed E-state index contributed by atoms with van der Waals surface area (Å²) in [6.45, 7) is 3.91. The number of aromatic nitrogens is 3. The summed E-state index contributed by atoms with van der Waals surface area (Å²) in [5.74, 6) is -0.203. The Morgan fingerprint density at radius 2 is 2.00 bits per heavy atom. The highest BCUT2D eigenvalue weighted by Crippen LogP contribution is 2.21. The molecule has 0 radical (unpaired) electrons. The highest BCUT2D eigenvalue weighted by molar-refractivity contribution is 7.15. The van der Waals surface area contributed by atoms with Crippen LogP contribution in [0.15, 0.2) is 42.7 Å². The molecule has 106 valence electrons. The van der Waals surface area contributed by atoms with Crippen LogP contribution >= 0.6 is 11.3 Å². The van der Waals surface area contributed by atoms with Gasteiger partial charge >= 0.3 is 0 Å². The number of carbonyl (C=O) groups excluding carboxylic acids is 1. The molecule has 0 aliphatic carbocycles. The zero-order chi connectivity index (χ0) is 14.8. The molecule has 2 aromatic heterocycles. The maximum atomic E-state index is 12.2. The van der Waals surface area contributed by atoms with Crippen LogP contribution in [0.5, 0.6) is 0 Å². The van der Waals surface area contributed by atoms with E-state index < -0.39 is 0 Å². The number of carbonyl (C=O) groups is 1. The molecule has 3 rings (SSSR count). The van der Waals surface area contributed by atoms with Gasteiger partial charge in [-0.15, -0.1) is 11.3 Å². The standard InChI is InChI=1S/C15H14N4OS/c1-10-11(2)21-15(17-10)18-14(20)12-8-16-19(9-12)13-6-4-3-5-7-13/h3-9H,1-2H3,(H,17,18,20). The molecule has 0 atom stereocenters. The Hall–Kier alpha value is -2.47. The first-order valence-electron chi connectivity index (χ1n) is 6.49. The second kappa shape index (κ2) is 5.49. The van der Waals surface area contributed by atoms with Gasteiger partial charge < -0.3 is 0 Å². The number of para-hydroxylation sites is 1. The van der Waals surface area contributed by atoms with Gasteiger partial charge in [0.25, 0.3) is 5.91 Å². The maximum absolute atomic E-state index is 12.2. The molecule has 21 heavy (non-hydrogen) atoms. The molecule has 5 nitrogen and oxygen atoms in total. The van der Waals surface area contributed by atoms with Crippen LogP contribution in [0.25, 0.3) is 5.69 Å². The SMILES string of the molecule is Cc1nc(NC(=O)c2cnn(-c3ccccc3)c2)sc1C. The normalized spacial score (nSPS) is 10.6. The molecule has 1 amide bonds. The van der Waals surface area contributed by atoms with Crippen LogP contribution in [-0.4, -0.2) is 20.7 Å². The van der Waals surface area contributed by atoms with Crippen molar-refractivity contribution in [2.24, 2.45) is 0 Å². The minimum atomic E-state index is -0.203. The monoisotopic (exact) mass is 298 g/mol. The van der Waals surface area contributed by atoms with Crippen LogP contribution in [0, 0.1) is 13.8 Å². The van der Waals surface area contributed by atoms with E-state index >= 15 is 0 Å². The minimum Gasteiger partial charge on any atom is -0.298 e. The van der Waals surface area contributed by atoms with Gasteiger partial charge in [-0.2, -0.15) is 5.10 Å². The van der Waals surface area contributed by atoms with E-state index in [1.165, 1.54) is 11.3 Å². The fourth-order valence-electron chi connectivity index (χ4n) is 1.86. The first kappa shape index (κ1) is 13.5. The number of amides is 1. The van der Waals surface area contributed by atoms with Crippen LogP contribution in [0.4, 0.5) is 5.13 Å². The van der Waals surface area contributed by atoms with Crippen molar-refractivity contribution in [3.05, 3.63) is 58.9 Å². The predicted molar refractivity (Wildman–Crippen MR) is 83.1 cm³/mol. The molecule has 0 spiro atoms. The van der Waals surface area contributed by atoms with E-state index in [4.69, 9.17) is 0 Å². The van der Waals surface area contributed by atoms with E-state index in [-0.39, 0.29) is 5.91 Å². The quantitative estimate of drug-likeness (QED) is 0.807. The Morgan fingerprint density at radius 3 is 2.67 bits per heavy atom. The van der Waals surface area contributed by atoms with Crippen LogP contribution in [0.1, 0.15) is 20.9 Å². The number of hydrogen-bond donors (Lipinski definition) is 1. The van der Waals surface area contributed by atoms with Crippen LogP contribution in [0.2, 0.25) is 0 Å². The van der Waals surface area contributed by atoms with Crippen molar-refractivity contribution in [3.63, 3.8) is 0 Å². The molecule has 0 fully saturated rings. The number of nitrogens with one attached hydrogen (secondary N) is 1. The Bertz CT molecular complexity index is 757. The molecule has 1 N–H and O–H groups in total. The fraction of sp³-hybridized carbons (Fsp3) is 0.133. The second-order valence-electron chi connectivity index (χ2n) is 4.62. The minimum absolute atomic E-state index is 0.203. The average molecular weight is 298 g/mol. The predicted octanol–water partition coefficient (Wildman–Crippen LogP) is 3.20. The number of aryl methyl sites for hydroxylation is 2. The van der Waals surface area contributed by atoms with Gasteiger partial charge in [-0.1, -0.05) is 18.2 Å². The second-order valence-corrected chi connectivity index (χ2v) is 5.83. The molecule has 0 saturated heterocycles. The van der Waals surface area contributed by atoms with Gasteiger partial charge in [-0.05, 0) is 26.0 Å². The molecule has 0 aliphatic rings. The highest BCUT2D eigenvalue weighted by Gasteiger charge is 2.12. The lowest BCUT2D eigenvalue weighted by Gasteiger charge is -1.99. The van der Waals surface area contributed by atoms with Gasteiger partial charge in [0.05, 0.1) is 23.1 Å². The molecular formula is C15H14N4OS. The van der Waals surface area contributed by atoms with Gasteiger partial charge in [0.1, 0.15) is 0 Å². The van der Waals surface area contributed by atoms with Crippen molar-refractivity contribution < 1.29 is 4.79 Å².